The third kappa shape index (κ3) is 2.55. The fourth-order valence-corrected chi connectivity index (χ4v) is 5.45. The minimum atomic E-state index is -3.01. The number of rotatable bonds is 3. The van der Waals surface area contributed by atoms with Crippen LogP contribution < -0.4 is 9.47 Å². The van der Waals surface area contributed by atoms with Gasteiger partial charge in [0, 0.05) is 13.1 Å². The molecule has 1 aromatic carbocycles. The lowest BCUT2D eigenvalue weighted by Gasteiger charge is -2.29. The van der Waals surface area contributed by atoms with Crippen molar-refractivity contribution in [2.75, 3.05) is 31.8 Å². The predicted molar refractivity (Wildman–Crippen MR) is 88.2 cm³/mol. The van der Waals surface area contributed by atoms with E-state index in [0.29, 0.717) is 31.1 Å². The number of sulfone groups is 1. The number of hydrogen-bond acceptors (Lipinski definition) is 5. The maximum absolute atomic E-state index is 13.1. The maximum atomic E-state index is 13.1. The van der Waals surface area contributed by atoms with Crippen LogP contribution in [0.2, 0.25) is 0 Å². The first-order chi connectivity index (χ1) is 11.4. The molecule has 1 aromatic rings. The minimum Gasteiger partial charge on any atom is -0.486 e. The minimum absolute atomic E-state index is 0.0151. The Morgan fingerprint density at radius 1 is 1.21 bits per heavy atom. The topological polar surface area (TPSA) is 72.9 Å². The second kappa shape index (κ2) is 5.37. The molecule has 0 bridgehead atoms. The molecule has 1 aliphatic carbocycles. The summed E-state index contributed by atoms with van der Waals surface area (Å²) >= 11 is 0. The summed E-state index contributed by atoms with van der Waals surface area (Å²) < 4.78 is 34.6. The van der Waals surface area contributed by atoms with Gasteiger partial charge in [-0.25, -0.2) is 8.42 Å². The zero-order valence-corrected chi connectivity index (χ0v) is 14.5. The van der Waals surface area contributed by atoms with Gasteiger partial charge in [0.25, 0.3) is 0 Å². The van der Waals surface area contributed by atoms with Gasteiger partial charge in [-0.1, -0.05) is 6.07 Å². The SMILES string of the molecule is CN(C(=O)C1(c2ccc3c(c2)OCCO3)CC1)C1CCS(=O)(=O)C1. The molecule has 1 saturated carbocycles. The molecule has 3 aliphatic rings. The Balaban J connectivity index is 1.58. The molecule has 130 valence electrons. The predicted octanol–water partition coefficient (Wildman–Crippen LogP) is 1.13. The summed E-state index contributed by atoms with van der Waals surface area (Å²) in [5.41, 5.74) is 0.404. The molecule has 6 nitrogen and oxygen atoms in total. The van der Waals surface area contributed by atoms with Gasteiger partial charge in [0.1, 0.15) is 13.2 Å². The third-order valence-electron chi connectivity index (χ3n) is 5.33. The first-order valence-corrected chi connectivity index (χ1v) is 10.1. The van der Waals surface area contributed by atoms with Crippen molar-refractivity contribution in [1.82, 2.24) is 4.90 Å². The fraction of sp³-hybridized carbons (Fsp3) is 0.588. The van der Waals surface area contributed by atoms with Crippen molar-refractivity contribution in [1.29, 1.82) is 0 Å². The molecule has 1 unspecified atom stereocenters. The second-order valence-electron chi connectivity index (χ2n) is 6.91. The van der Waals surface area contributed by atoms with E-state index in [9.17, 15) is 13.2 Å². The number of amides is 1. The van der Waals surface area contributed by atoms with E-state index in [4.69, 9.17) is 9.47 Å². The molecule has 1 amide bonds. The van der Waals surface area contributed by atoms with Crippen molar-refractivity contribution in [2.24, 2.45) is 0 Å². The quantitative estimate of drug-likeness (QED) is 0.816. The average Bonchev–Trinajstić information content (AvgIpc) is 3.31. The fourth-order valence-electron chi connectivity index (χ4n) is 3.68. The van der Waals surface area contributed by atoms with Crippen LogP contribution >= 0.6 is 0 Å². The highest BCUT2D eigenvalue weighted by Crippen LogP contribution is 2.51. The van der Waals surface area contributed by atoms with Crippen LogP contribution in [-0.4, -0.2) is 57.0 Å². The van der Waals surface area contributed by atoms with Gasteiger partial charge in [0.15, 0.2) is 21.3 Å². The Hall–Kier alpha value is -1.76. The number of likely N-dealkylation sites (N-methyl/N-ethyl adjacent to an activating group) is 1. The molecule has 2 aliphatic heterocycles. The molecule has 7 heteroatoms. The summed E-state index contributed by atoms with van der Waals surface area (Å²) in [6.07, 6.45) is 2.10. The number of ether oxygens (including phenoxy) is 2. The van der Waals surface area contributed by atoms with Gasteiger partial charge < -0.3 is 14.4 Å². The number of fused-ring (bicyclic) bond motifs is 1. The highest BCUT2D eigenvalue weighted by atomic mass is 32.2. The van der Waals surface area contributed by atoms with Gasteiger partial charge in [-0.05, 0) is 37.0 Å². The first-order valence-electron chi connectivity index (χ1n) is 8.29. The normalized spacial score (nSPS) is 26.0. The number of carbonyl (C=O) groups excluding carboxylic acids is 1. The molecule has 1 saturated heterocycles. The van der Waals surface area contributed by atoms with Crippen molar-refractivity contribution in [3.05, 3.63) is 23.8 Å². The van der Waals surface area contributed by atoms with Crippen molar-refractivity contribution < 1.29 is 22.7 Å². The van der Waals surface area contributed by atoms with Crippen molar-refractivity contribution >= 4 is 15.7 Å². The molecule has 2 heterocycles. The van der Waals surface area contributed by atoms with Crippen LogP contribution in [0.25, 0.3) is 0 Å². The van der Waals surface area contributed by atoms with Crippen LogP contribution in [0.1, 0.15) is 24.8 Å². The smallest absolute Gasteiger partial charge is 0.233 e. The maximum Gasteiger partial charge on any atom is 0.233 e. The molecule has 2 fully saturated rings. The van der Waals surface area contributed by atoms with Gasteiger partial charge >= 0.3 is 0 Å². The van der Waals surface area contributed by atoms with Crippen molar-refractivity contribution in [3.8, 4) is 11.5 Å². The molecule has 0 radical (unpaired) electrons. The molecule has 0 spiro atoms. The van der Waals surface area contributed by atoms with Gasteiger partial charge in [-0.2, -0.15) is 0 Å². The third-order valence-corrected chi connectivity index (χ3v) is 7.08. The lowest BCUT2D eigenvalue weighted by molar-refractivity contribution is -0.134. The first kappa shape index (κ1) is 15.7. The van der Waals surface area contributed by atoms with Crippen LogP contribution in [0.4, 0.5) is 0 Å². The van der Waals surface area contributed by atoms with Gasteiger partial charge in [0.05, 0.1) is 16.9 Å². The summed E-state index contributed by atoms with van der Waals surface area (Å²) in [4.78, 5) is 14.7. The van der Waals surface area contributed by atoms with Crippen molar-refractivity contribution in [2.45, 2.75) is 30.7 Å². The van der Waals surface area contributed by atoms with Gasteiger partial charge in [-0.3, -0.25) is 4.79 Å². The zero-order valence-electron chi connectivity index (χ0n) is 13.7. The van der Waals surface area contributed by atoms with E-state index in [2.05, 4.69) is 0 Å². The molecule has 0 N–H and O–H groups in total. The Morgan fingerprint density at radius 3 is 2.54 bits per heavy atom. The second-order valence-corrected chi connectivity index (χ2v) is 9.14. The van der Waals surface area contributed by atoms with E-state index in [1.165, 1.54) is 0 Å². The van der Waals surface area contributed by atoms with Crippen LogP contribution in [0, 0.1) is 0 Å². The van der Waals surface area contributed by atoms with Crippen LogP contribution in [0.3, 0.4) is 0 Å². The highest BCUT2D eigenvalue weighted by molar-refractivity contribution is 7.91. The lowest BCUT2D eigenvalue weighted by Crippen LogP contribution is -2.43. The molecule has 0 aromatic heterocycles. The molecule has 24 heavy (non-hydrogen) atoms. The van der Waals surface area contributed by atoms with Crippen LogP contribution in [0.15, 0.2) is 18.2 Å². The van der Waals surface area contributed by atoms with Crippen molar-refractivity contribution in [3.63, 3.8) is 0 Å². The van der Waals surface area contributed by atoms with Gasteiger partial charge in [0.2, 0.25) is 5.91 Å². The van der Waals surface area contributed by atoms with Crippen LogP contribution in [0.5, 0.6) is 11.5 Å². The van der Waals surface area contributed by atoms with E-state index in [0.717, 1.165) is 18.4 Å². The molecular weight excluding hydrogens is 330 g/mol. The Kier molecular flexibility index (Phi) is 3.53. The number of carbonyl (C=O) groups is 1. The summed E-state index contributed by atoms with van der Waals surface area (Å²) in [7, 11) is -1.28. The van der Waals surface area contributed by atoms with Gasteiger partial charge in [-0.15, -0.1) is 0 Å². The Morgan fingerprint density at radius 2 is 1.92 bits per heavy atom. The van der Waals surface area contributed by atoms with E-state index in [1.807, 2.05) is 18.2 Å². The number of hydrogen-bond donors (Lipinski definition) is 0. The summed E-state index contributed by atoms with van der Waals surface area (Å²) in [5.74, 6) is 1.66. The Labute approximate surface area is 141 Å². The van der Waals surface area contributed by atoms with E-state index in [-0.39, 0.29) is 23.5 Å². The van der Waals surface area contributed by atoms with E-state index < -0.39 is 15.3 Å². The largest absolute Gasteiger partial charge is 0.486 e. The molecular formula is C17H21NO5S. The number of nitrogens with zero attached hydrogens (tertiary/aromatic N) is 1. The Bertz CT molecular complexity index is 784. The standard InChI is InChI=1S/C17H21NO5S/c1-18(13-4-9-24(20,21)11-13)16(19)17(5-6-17)12-2-3-14-15(10-12)23-8-7-22-14/h2-3,10,13H,4-9,11H2,1H3. The lowest BCUT2D eigenvalue weighted by atomic mass is 9.93. The average molecular weight is 351 g/mol. The zero-order chi connectivity index (χ0) is 16.9. The van der Waals surface area contributed by atoms with E-state index in [1.54, 1.807) is 11.9 Å². The highest BCUT2D eigenvalue weighted by Gasteiger charge is 2.54. The summed E-state index contributed by atoms with van der Waals surface area (Å²) in [6, 6.07) is 5.48. The van der Waals surface area contributed by atoms with E-state index >= 15 is 0 Å². The molecule has 1 atom stereocenters. The number of benzene rings is 1. The summed E-state index contributed by atoms with van der Waals surface area (Å²) in [5, 5.41) is 0. The molecule has 4 rings (SSSR count). The monoisotopic (exact) mass is 351 g/mol. The summed E-state index contributed by atoms with van der Waals surface area (Å²) in [6.45, 7) is 1.05. The van der Waals surface area contributed by atoms with Crippen LogP contribution in [-0.2, 0) is 20.0 Å².